The fraction of sp³-hybridized carbons (Fsp3) is 0.423. The first-order valence-corrected chi connectivity index (χ1v) is 11.5. The molecule has 2 heterocycles. The van der Waals surface area contributed by atoms with Gasteiger partial charge in [-0.15, -0.1) is 0 Å². The predicted molar refractivity (Wildman–Crippen MR) is 123 cm³/mol. The molecular formula is C26H31NO6. The molecule has 2 aromatic rings. The Hall–Kier alpha value is -3.03. The van der Waals surface area contributed by atoms with E-state index in [0.29, 0.717) is 37.5 Å². The van der Waals surface area contributed by atoms with Gasteiger partial charge in [-0.25, -0.2) is 0 Å². The molecule has 4 rings (SSSR count). The van der Waals surface area contributed by atoms with Crippen LogP contribution in [0.25, 0.3) is 0 Å². The van der Waals surface area contributed by atoms with Crippen LogP contribution in [-0.4, -0.2) is 43.9 Å². The van der Waals surface area contributed by atoms with Gasteiger partial charge in [-0.1, -0.05) is 36.4 Å². The number of aliphatic hydroxyl groups excluding tert-OH is 1. The van der Waals surface area contributed by atoms with Crippen molar-refractivity contribution in [3.05, 3.63) is 71.5 Å². The first-order valence-electron chi connectivity index (χ1n) is 11.5. The lowest BCUT2D eigenvalue weighted by molar-refractivity contribution is -0.166. The Labute approximate surface area is 194 Å². The molecule has 7 heteroatoms. The molecule has 7 nitrogen and oxygen atoms in total. The number of benzene rings is 2. The number of fused-ring (bicyclic) bond motifs is 1. The molecule has 0 radical (unpaired) electrons. The number of carbonyl (C=O) groups excluding carboxylic acids is 1. The van der Waals surface area contributed by atoms with Gasteiger partial charge in [0, 0.05) is 31.6 Å². The van der Waals surface area contributed by atoms with E-state index in [2.05, 4.69) is 5.32 Å². The Balaban J connectivity index is 1.55. The second-order valence-electron chi connectivity index (χ2n) is 8.13. The molecule has 1 amide bonds. The molecule has 0 fully saturated rings. The monoisotopic (exact) mass is 453 g/mol. The van der Waals surface area contributed by atoms with Crippen molar-refractivity contribution < 1.29 is 28.8 Å². The van der Waals surface area contributed by atoms with Crippen molar-refractivity contribution >= 4 is 5.91 Å². The smallest absolute Gasteiger partial charge is 0.286 e. The average molecular weight is 454 g/mol. The van der Waals surface area contributed by atoms with Crippen molar-refractivity contribution in [2.45, 2.75) is 38.4 Å². The van der Waals surface area contributed by atoms with Crippen LogP contribution in [0.4, 0.5) is 0 Å². The second-order valence-corrected chi connectivity index (χ2v) is 8.13. The summed E-state index contributed by atoms with van der Waals surface area (Å²) < 4.78 is 23.0. The van der Waals surface area contributed by atoms with Crippen LogP contribution in [0.15, 0.2) is 60.4 Å². The Kier molecular flexibility index (Phi) is 7.86. The number of rotatable bonds is 10. The maximum absolute atomic E-state index is 13.0. The lowest BCUT2D eigenvalue weighted by Crippen LogP contribution is -2.39. The van der Waals surface area contributed by atoms with Gasteiger partial charge in [-0.05, 0) is 55.5 Å². The summed E-state index contributed by atoms with van der Waals surface area (Å²) in [6.45, 7) is 3.15. The Morgan fingerprint density at radius 1 is 1.15 bits per heavy atom. The Morgan fingerprint density at radius 3 is 2.76 bits per heavy atom. The standard InChI is InChI=1S/C26H31NO6/c1-2-30-26-20(9-6-14-28)21(19-10-11-22-23(15-19)32-17-31-22)16-24(33-26)25(29)27-13-12-18-7-4-3-5-8-18/h3-5,7-8,10-11,15-16,20-21,26,28H,2,6,9,12-14,17H2,1H3,(H,27,29)/t20-,21-,26-/m0/s1. The Morgan fingerprint density at radius 2 is 1.97 bits per heavy atom. The normalized spacial score (nSPS) is 21.3. The number of carbonyl (C=O) groups is 1. The maximum atomic E-state index is 13.0. The molecule has 0 saturated carbocycles. The third-order valence-corrected chi connectivity index (χ3v) is 5.96. The van der Waals surface area contributed by atoms with E-state index in [4.69, 9.17) is 18.9 Å². The summed E-state index contributed by atoms with van der Waals surface area (Å²) in [7, 11) is 0. The van der Waals surface area contributed by atoms with Gasteiger partial charge in [0.1, 0.15) is 0 Å². The van der Waals surface area contributed by atoms with Crippen molar-refractivity contribution in [3.8, 4) is 11.5 Å². The quantitative estimate of drug-likeness (QED) is 0.573. The molecule has 33 heavy (non-hydrogen) atoms. The largest absolute Gasteiger partial charge is 0.459 e. The van der Waals surface area contributed by atoms with Crippen LogP contribution in [0.2, 0.25) is 0 Å². The first kappa shape index (κ1) is 23.1. The summed E-state index contributed by atoms with van der Waals surface area (Å²) in [5.74, 6) is 1.20. The van der Waals surface area contributed by atoms with Crippen LogP contribution in [0, 0.1) is 5.92 Å². The average Bonchev–Trinajstić information content (AvgIpc) is 3.31. The minimum absolute atomic E-state index is 0.0571. The number of allylic oxidation sites excluding steroid dienone is 1. The van der Waals surface area contributed by atoms with E-state index in [1.807, 2.05) is 61.5 Å². The minimum atomic E-state index is -0.586. The topological polar surface area (TPSA) is 86.3 Å². The predicted octanol–water partition coefficient (Wildman–Crippen LogP) is 3.52. The van der Waals surface area contributed by atoms with Gasteiger partial charge in [-0.2, -0.15) is 0 Å². The molecule has 0 aromatic heterocycles. The highest BCUT2D eigenvalue weighted by Crippen LogP contribution is 2.42. The van der Waals surface area contributed by atoms with E-state index in [1.165, 1.54) is 0 Å². The van der Waals surface area contributed by atoms with Crippen LogP contribution >= 0.6 is 0 Å². The van der Waals surface area contributed by atoms with Crippen LogP contribution in [-0.2, 0) is 20.7 Å². The van der Waals surface area contributed by atoms with Crippen LogP contribution < -0.4 is 14.8 Å². The molecule has 176 valence electrons. The Bertz CT molecular complexity index is 961. The number of hydrogen-bond acceptors (Lipinski definition) is 6. The van der Waals surface area contributed by atoms with Crippen LogP contribution in [0.1, 0.15) is 36.8 Å². The number of aliphatic hydroxyl groups is 1. The zero-order chi connectivity index (χ0) is 23.0. The highest BCUT2D eigenvalue weighted by Gasteiger charge is 2.38. The number of nitrogens with one attached hydrogen (secondary N) is 1. The third-order valence-electron chi connectivity index (χ3n) is 5.96. The zero-order valence-corrected chi connectivity index (χ0v) is 18.9. The van der Waals surface area contributed by atoms with Gasteiger partial charge in [0.2, 0.25) is 13.1 Å². The highest BCUT2D eigenvalue weighted by molar-refractivity contribution is 5.91. The fourth-order valence-electron chi connectivity index (χ4n) is 4.32. The molecule has 2 aliphatic rings. The summed E-state index contributed by atoms with van der Waals surface area (Å²) in [5, 5.41) is 12.4. The SMILES string of the molecule is CCO[C@H]1OC(C(=O)NCCc2ccccc2)=C[C@@H](c2ccc3c(c2)OCO3)[C@@H]1CCCO. The van der Waals surface area contributed by atoms with E-state index < -0.39 is 6.29 Å². The molecule has 2 aliphatic heterocycles. The summed E-state index contributed by atoms with van der Waals surface area (Å²) in [5.41, 5.74) is 2.15. The van der Waals surface area contributed by atoms with Crippen LogP contribution in [0.3, 0.4) is 0 Å². The maximum Gasteiger partial charge on any atom is 0.286 e. The molecule has 0 saturated heterocycles. The highest BCUT2D eigenvalue weighted by atomic mass is 16.7. The van der Waals surface area contributed by atoms with E-state index in [0.717, 1.165) is 17.5 Å². The van der Waals surface area contributed by atoms with E-state index >= 15 is 0 Å². The number of hydrogen-bond donors (Lipinski definition) is 2. The van der Waals surface area contributed by atoms with Gasteiger partial charge in [0.25, 0.3) is 5.91 Å². The van der Waals surface area contributed by atoms with Crippen molar-refractivity contribution in [1.29, 1.82) is 0 Å². The van der Waals surface area contributed by atoms with Crippen molar-refractivity contribution in [1.82, 2.24) is 5.32 Å². The van der Waals surface area contributed by atoms with E-state index in [-0.39, 0.29) is 36.9 Å². The number of ether oxygens (including phenoxy) is 4. The lowest BCUT2D eigenvalue weighted by Gasteiger charge is -2.37. The minimum Gasteiger partial charge on any atom is -0.459 e. The fourth-order valence-corrected chi connectivity index (χ4v) is 4.32. The zero-order valence-electron chi connectivity index (χ0n) is 18.9. The second kappa shape index (κ2) is 11.2. The number of amides is 1. The van der Waals surface area contributed by atoms with E-state index in [9.17, 15) is 9.90 Å². The van der Waals surface area contributed by atoms with Gasteiger partial charge < -0.3 is 29.4 Å². The summed E-state index contributed by atoms with van der Waals surface area (Å²) >= 11 is 0. The third kappa shape index (κ3) is 5.67. The van der Waals surface area contributed by atoms with Gasteiger partial charge in [0.15, 0.2) is 17.3 Å². The molecule has 3 atom stereocenters. The molecule has 0 aliphatic carbocycles. The summed E-state index contributed by atoms with van der Waals surface area (Å²) in [6, 6.07) is 15.8. The molecule has 0 unspecified atom stereocenters. The lowest BCUT2D eigenvalue weighted by atomic mass is 9.80. The molecular weight excluding hydrogens is 422 g/mol. The molecule has 0 bridgehead atoms. The van der Waals surface area contributed by atoms with Gasteiger partial charge in [-0.3, -0.25) is 4.79 Å². The van der Waals surface area contributed by atoms with Crippen molar-refractivity contribution in [3.63, 3.8) is 0 Å². The molecule has 0 spiro atoms. The van der Waals surface area contributed by atoms with Gasteiger partial charge in [0.05, 0.1) is 0 Å². The van der Waals surface area contributed by atoms with Crippen LogP contribution in [0.5, 0.6) is 11.5 Å². The van der Waals surface area contributed by atoms with Crippen molar-refractivity contribution in [2.24, 2.45) is 5.92 Å². The molecule has 2 N–H and O–H groups in total. The summed E-state index contributed by atoms with van der Waals surface area (Å²) in [6.07, 6.45) is 3.33. The van der Waals surface area contributed by atoms with E-state index in [1.54, 1.807) is 0 Å². The summed E-state index contributed by atoms with van der Waals surface area (Å²) in [4.78, 5) is 13.0. The molecule has 2 aromatic carbocycles. The van der Waals surface area contributed by atoms with Gasteiger partial charge >= 0.3 is 0 Å². The first-order chi connectivity index (χ1) is 16.2. The van der Waals surface area contributed by atoms with Crippen molar-refractivity contribution in [2.75, 3.05) is 26.6 Å².